The van der Waals surface area contributed by atoms with Crippen LogP contribution in [-0.4, -0.2) is 16.8 Å². The van der Waals surface area contributed by atoms with E-state index in [2.05, 4.69) is 26.6 Å². The van der Waals surface area contributed by atoms with Gasteiger partial charge in [-0.1, -0.05) is 28.9 Å². The summed E-state index contributed by atoms with van der Waals surface area (Å²) in [5, 5.41) is 5.17. The summed E-state index contributed by atoms with van der Waals surface area (Å²) in [5.41, 5.74) is 6.15. The highest BCUT2D eigenvalue weighted by Gasteiger charge is 2.12. The number of amides is 3. The first-order valence-electron chi connectivity index (χ1n) is 5.14. The fraction of sp³-hybridized carbons (Fsp3) is 0.273. The zero-order chi connectivity index (χ0) is 12.8. The van der Waals surface area contributed by atoms with Gasteiger partial charge >= 0.3 is 6.03 Å². The number of alkyl halides is 1. The van der Waals surface area contributed by atoms with E-state index in [4.69, 9.17) is 5.73 Å². The van der Waals surface area contributed by atoms with Crippen LogP contribution in [0.3, 0.4) is 0 Å². The first kappa shape index (κ1) is 13.5. The third-order valence-corrected chi connectivity index (χ3v) is 3.10. The van der Waals surface area contributed by atoms with Gasteiger partial charge in [0.25, 0.3) is 0 Å². The molecule has 4 N–H and O–H groups in total. The largest absolute Gasteiger partial charge is 0.351 e. The van der Waals surface area contributed by atoms with Crippen molar-refractivity contribution in [2.45, 2.75) is 18.2 Å². The quantitative estimate of drug-likeness (QED) is 0.745. The van der Waals surface area contributed by atoms with Gasteiger partial charge in [-0.2, -0.15) is 0 Å². The van der Waals surface area contributed by atoms with E-state index in [9.17, 15) is 9.59 Å². The molecule has 0 saturated carbocycles. The molecular formula is C11H14BrN3O2. The van der Waals surface area contributed by atoms with Crippen LogP contribution in [0.25, 0.3) is 0 Å². The number of urea groups is 1. The number of halogens is 1. The lowest BCUT2D eigenvalue weighted by atomic mass is 10.2. The Kier molecular flexibility index (Phi) is 4.96. The van der Waals surface area contributed by atoms with Crippen LogP contribution in [0.15, 0.2) is 24.3 Å². The average Bonchev–Trinajstić information content (AvgIpc) is 2.27. The van der Waals surface area contributed by atoms with Crippen LogP contribution < -0.4 is 16.4 Å². The molecule has 0 heterocycles. The molecule has 0 radical (unpaired) electrons. The lowest BCUT2D eigenvalue weighted by Gasteiger charge is -2.10. The molecule has 6 heteroatoms. The molecule has 0 aliphatic carbocycles. The molecular weight excluding hydrogens is 286 g/mol. The van der Waals surface area contributed by atoms with Crippen LogP contribution in [0.1, 0.15) is 13.3 Å². The van der Waals surface area contributed by atoms with E-state index in [0.717, 1.165) is 0 Å². The predicted octanol–water partition coefficient (Wildman–Crippen LogP) is 2.29. The maximum atomic E-state index is 11.6. The number of benzene rings is 1. The van der Waals surface area contributed by atoms with E-state index >= 15 is 0 Å². The zero-order valence-corrected chi connectivity index (χ0v) is 11.0. The molecule has 1 aromatic rings. The summed E-state index contributed by atoms with van der Waals surface area (Å²) in [6.07, 6.45) is 0.699. The van der Waals surface area contributed by atoms with E-state index in [1.165, 1.54) is 0 Å². The van der Waals surface area contributed by atoms with E-state index < -0.39 is 6.03 Å². The second kappa shape index (κ2) is 6.24. The number of primary amides is 1. The van der Waals surface area contributed by atoms with Gasteiger partial charge in [-0.25, -0.2) is 4.79 Å². The summed E-state index contributed by atoms with van der Waals surface area (Å²) >= 11 is 3.26. The average molecular weight is 300 g/mol. The molecule has 1 rings (SSSR count). The summed E-state index contributed by atoms with van der Waals surface area (Å²) in [4.78, 5) is 22.1. The minimum atomic E-state index is -0.639. The van der Waals surface area contributed by atoms with Crippen molar-refractivity contribution in [2.75, 3.05) is 10.6 Å². The first-order valence-corrected chi connectivity index (χ1v) is 6.06. The Morgan fingerprint density at radius 3 is 2.47 bits per heavy atom. The van der Waals surface area contributed by atoms with Crippen molar-refractivity contribution in [1.82, 2.24) is 0 Å². The minimum absolute atomic E-state index is 0.122. The van der Waals surface area contributed by atoms with Gasteiger partial charge in [0.1, 0.15) is 0 Å². The maximum absolute atomic E-state index is 11.6. The highest BCUT2D eigenvalue weighted by molar-refractivity contribution is 9.10. The van der Waals surface area contributed by atoms with Crippen LogP contribution in [-0.2, 0) is 4.79 Å². The number of hydrogen-bond donors (Lipinski definition) is 3. The van der Waals surface area contributed by atoms with E-state index in [-0.39, 0.29) is 10.7 Å². The van der Waals surface area contributed by atoms with E-state index in [1.54, 1.807) is 24.3 Å². The van der Waals surface area contributed by atoms with Gasteiger partial charge in [0.05, 0.1) is 4.83 Å². The summed E-state index contributed by atoms with van der Waals surface area (Å²) in [6.45, 7) is 1.91. The SMILES string of the molecule is CCC(Br)C(=O)Nc1cccc(NC(N)=O)c1. The molecule has 1 unspecified atom stereocenters. The molecule has 0 fully saturated rings. The van der Waals surface area contributed by atoms with Gasteiger partial charge in [0.2, 0.25) is 5.91 Å². The normalized spacial score (nSPS) is 11.6. The Morgan fingerprint density at radius 1 is 1.35 bits per heavy atom. The van der Waals surface area contributed by atoms with Crippen molar-refractivity contribution in [3.8, 4) is 0 Å². The fourth-order valence-electron chi connectivity index (χ4n) is 1.22. The van der Waals surface area contributed by atoms with Crippen LogP contribution in [0.5, 0.6) is 0 Å². The zero-order valence-electron chi connectivity index (χ0n) is 9.37. The summed E-state index contributed by atoms with van der Waals surface area (Å²) in [5.74, 6) is -0.122. The number of rotatable bonds is 4. The van der Waals surface area contributed by atoms with E-state index in [1.807, 2.05) is 6.92 Å². The standard InChI is InChI=1S/C11H14BrN3O2/c1-2-9(12)10(16)14-7-4-3-5-8(6-7)15-11(13)17/h3-6,9H,2H2,1H3,(H,14,16)(H3,13,15,17). The molecule has 3 amide bonds. The molecule has 0 saturated heterocycles. The molecule has 92 valence electrons. The van der Waals surface area contributed by atoms with E-state index in [0.29, 0.717) is 17.8 Å². The van der Waals surface area contributed by atoms with Crippen molar-refractivity contribution in [1.29, 1.82) is 0 Å². The minimum Gasteiger partial charge on any atom is -0.351 e. The number of carbonyl (C=O) groups is 2. The molecule has 0 aromatic heterocycles. The Bertz CT molecular complexity index is 423. The van der Waals surface area contributed by atoms with Crippen molar-refractivity contribution < 1.29 is 9.59 Å². The van der Waals surface area contributed by atoms with Gasteiger partial charge < -0.3 is 16.4 Å². The van der Waals surface area contributed by atoms with Crippen molar-refractivity contribution in [2.24, 2.45) is 5.73 Å². The molecule has 5 nitrogen and oxygen atoms in total. The van der Waals surface area contributed by atoms with Crippen molar-refractivity contribution >= 4 is 39.2 Å². The molecule has 0 spiro atoms. The van der Waals surface area contributed by atoms with Crippen molar-refractivity contribution in [3.63, 3.8) is 0 Å². The number of nitrogens with two attached hydrogens (primary N) is 1. The summed E-state index contributed by atoms with van der Waals surface area (Å²) < 4.78 is 0. The maximum Gasteiger partial charge on any atom is 0.316 e. The third-order valence-electron chi connectivity index (χ3n) is 2.04. The number of carbonyl (C=O) groups excluding carboxylic acids is 2. The summed E-state index contributed by atoms with van der Waals surface area (Å²) in [7, 11) is 0. The Hall–Kier alpha value is -1.56. The lowest BCUT2D eigenvalue weighted by molar-refractivity contribution is -0.115. The first-order chi connectivity index (χ1) is 8.02. The van der Waals surface area contributed by atoms with Crippen LogP contribution in [0.4, 0.5) is 16.2 Å². The van der Waals surface area contributed by atoms with Crippen LogP contribution in [0, 0.1) is 0 Å². The van der Waals surface area contributed by atoms with Crippen LogP contribution in [0.2, 0.25) is 0 Å². The summed E-state index contributed by atoms with van der Waals surface area (Å²) in [6, 6.07) is 6.14. The van der Waals surface area contributed by atoms with Gasteiger partial charge in [0, 0.05) is 11.4 Å². The van der Waals surface area contributed by atoms with Gasteiger partial charge in [-0.05, 0) is 24.6 Å². The van der Waals surface area contributed by atoms with Crippen molar-refractivity contribution in [3.05, 3.63) is 24.3 Å². The lowest BCUT2D eigenvalue weighted by Crippen LogP contribution is -2.22. The molecule has 0 aliphatic heterocycles. The smallest absolute Gasteiger partial charge is 0.316 e. The molecule has 1 aromatic carbocycles. The second-order valence-electron chi connectivity index (χ2n) is 3.44. The van der Waals surface area contributed by atoms with Gasteiger partial charge in [-0.15, -0.1) is 0 Å². The molecule has 0 aliphatic rings. The Labute approximate surface area is 108 Å². The monoisotopic (exact) mass is 299 g/mol. The van der Waals surface area contributed by atoms with Crippen LogP contribution >= 0.6 is 15.9 Å². The Morgan fingerprint density at radius 2 is 1.94 bits per heavy atom. The molecule has 1 atom stereocenters. The Balaban J connectivity index is 2.72. The van der Waals surface area contributed by atoms with Gasteiger partial charge in [-0.3, -0.25) is 4.79 Å². The molecule has 0 bridgehead atoms. The third kappa shape index (κ3) is 4.44. The fourth-order valence-corrected chi connectivity index (χ4v) is 1.34. The number of anilines is 2. The predicted molar refractivity (Wildman–Crippen MR) is 71.3 cm³/mol. The highest BCUT2D eigenvalue weighted by Crippen LogP contribution is 2.16. The topological polar surface area (TPSA) is 84.2 Å². The molecule has 17 heavy (non-hydrogen) atoms. The number of hydrogen-bond acceptors (Lipinski definition) is 2. The number of nitrogens with one attached hydrogen (secondary N) is 2. The second-order valence-corrected chi connectivity index (χ2v) is 4.54. The van der Waals surface area contributed by atoms with Gasteiger partial charge in [0.15, 0.2) is 0 Å². The highest BCUT2D eigenvalue weighted by atomic mass is 79.9.